The minimum absolute atomic E-state index is 0.106. The summed E-state index contributed by atoms with van der Waals surface area (Å²) >= 11 is 0. The highest BCUT2D eigenvalue weighted by Gasteiger charge is 2.60. The normalized spacial score (nSPS) is 28.4. The van der Waals surface area contributed by atoms with Gasteiger partial charge in [-0.3, -0.25) is 4.79 Å². The van der Waals surface area contributed by atoms with Gasteiger partial charge in [0.1, 0.15) is 0 Å². The van der Waals surface area contributed by atoms with Gasteiger partial charge in [0.15, 0.2) is 0 Å². The number of carbonyl (C=O) groups excluding carboxylic acids is 1. The molecule has 1 N–H and O–H groups in total. The van der Waals surface area contributed by atoms with Crippen molar-refractivity contribution in [2.24, 2.45) is 21.8 Å². The molecule has 2 atom stereocenters. The van der Waals surface area contributed by atoms with Gasteiger partial charge < -0.3 is 0 Å². The largest absolute Gasteiger partial charge is 0.271 e. The number of nitrogens with one attached hydrogen (secondary N) is 1. The highest BCUT2D eigenvalue weighted by Crippen LogP contribution is 2.63. The van der Waals surface area contributed by atoms with Gasteiger partial charge in [-0.05, 0) is 60.9 Å². The van der Waals surface area contributed by atoms with Crippen LogP contribution in [-0.2, 0) is 0 Å². The van der Waals surface area contributed by atoms with Gasteiger partial charge in [0.2, 0.25) is 0 Å². The number of benzene rings is 1. The summed E-state index contributed by atoms with van der Waals surface area (Å²) in [6.45, 7) is 6.97. The van der Waals surface area contributed by atoms with E-state index in [1.54, 1.807) is 23.0 Å². The van der Waals surface area contributed by atoms with E-state index in [4.69, 9.17) is 0 Å². The lowest BCUT2D eigenvalue weighted by atomic mass is 9.70. The van der Waals surface area contributed by atoms with Crippen molar-refractivity contribution in [2.75, 3.05) is 0 Å². The molecule has 0 unspecified atom stereocenters. The molecule has 25 heavy (non-hydrogen) atoms. The lowest BCUT2D eigenvalue weighted by Crippen LogP contribution is -2.34. The zero-order valence-corrected chi connectivity index (χ0v) is 15.0. The molecule has 5 heteroatoms. The number of aromatic nitrogens is 2. The number of hydrogen-bond donors (Lipinski definition) is 1. The van der Waals surface area contributed by atoms with E-state index in [-0.39, 0.29) is 16.7 Å². The quantitative estimate of drug-likeness (QED) is 0.867. The Balaban J connectivity index is 1.48. The molecule has 0 aliphatic heterocycles. The predicted octanol–water partition coefficient (Wildman–Crippen LogP) is 3.80. The van der Waals surface area contributed by atoms with Gasteiger partial charge in [0, 0.05) is 29.1 Å². The van der Waals surface area contributed by atoms with Gasteiger partial charge in [-0.25, -0.2) is 10.1 Å². The third-order valence-corrected chi connectivity index (χ3v) is 6.70. The SMILES string of the molecule is CC1(C)[C@H]2CC[C@@]1(C)/C(=N/NC(=O)c1ccc(-n3cccn3)cc1)C2. The number of rotatable bonds is 3. The lowest BCUT2D eigenvalue weighted by molar-refractivity contribution is 0.0954. The molecule has 2 bridgehead atoms. The fourth-order valence-corrected chi connectivity index (χ4v) is 4.47. The van der Waals surface area contributed by atoms with Gasteiger partial charge in [-0.1, -0.05) is 20.8 Å². The van der Waals surface area contributed by atoms with E-state index in [0.29, 0.717) is 11.5 Å². The van der Waals surface area contributed by atoms with Crippen molar-refractivity contribution in [1.29, 1.82) is 0 Å². The third kappa shape index (κ3) is 2.41. The van der Waals surface area contributed by atoms with Crippen LogP contribution in [0.1, 0.15) is 50.4 Å². The Morgan fingerprint density at radius 1 is 1.28 bits per heavy atom. The standard InChI is InChI=1S/C20H24N4O/c1-19(2)15-9-10-20(19,3)17(13-15)22-23-18(25)14-5-7-16(8-6-14)24-12-4-11-21-24/h4-8,11-12,15H,9-10,13H2,1-3H3,(H,23,25)/b22-17+/t15-,20-/m0/s1. The van der Waals surface area contributed by atoms with Crippen LogP contribution in [0, 0.1) is 16.7 Å². The summed E-state index contributed by atoms with van der Waals surface area (Å²) in [6.07, 6.45) is 7.04. The Bertz CT molecular complexity index is 820. The highest BCUT2D eigenvalue weighted by atomic mass is 16.2. The smallest absolute Gasteiger partial charge is 0.267 e. The van der Waals surface area contributed by atoms with Crippen molar-refractivity contribution < 1.29 is 4.79 Å². The molecule has 2 aliphatic carbocycles. The summed E-state index contributed by atoms with van der Waals surface area (Å²) in [5.74, 6) is 0.519. The summed E-state index contributed by atoms with van der Waals surface area (Å²) in [5, 5.41) is 8.71. The fourth-order valence-electron chi connectivity index (χ4n) is 4.47. The van der Waals surface area contributed by atoms with E-state index in [1.165, 1.54) is 6.42 Å². The molecule has 1 aromatic carbocycles. The summed E-state index contributed by atoms with van der Waals surface area (Å²) in [6, 6.07) is 9.25. The van der Waals surface area contributed by atoms with E-state index in [9.17, 15) is 4.79 Å². The molecular weight excluding hydrogens is 312 g/mol. The Labute approximate surface area is 148 Å². The van der Waals surface area contributed by atoms with Crippen LogP contribution in [0.5, 0.6) is 0 Å². The number of hydrogen-bond acceptors (Lipinski definition) is 3. The highest BCUT2D eigenvalue weighted by molar-refractivity contribution is 5.98. The molecular formula is C20H24N4O. The summed E-state index contributed by atoms with van der Waals surface area (Å²) in [7, 11) is 0. The average Bonchev–Trinajstić information content (AvgIpc) is 3.26. The Morgan fingerprint density at radius 3 is 2.60 bits per heavy atom. The Hall–Kier alpha value is -2.43. The first-order valence-corrected chi connectivity index (χ1v) is 8.89. The molecule has 1 aromatic heterocycles. The summed E-state index contributed by atoms with van der Waals surface area (Å²) < 4.78 is 1.76. The molecule has 1 amide bonds. The molecule has 5 nitrogen and oxygen atoms in total. The predicted molar refractivity (Wildman–Crippen MR) is 97.7 cm³/mol. The van der Waals surface area contributed by atoms with Crippen molar-refractivity contribution >= 4 is 11.6 Å². The van der Waals surface area contributed by atoms with E-state index in [1.807, 2.05) is 24.4 Å². The maximum Gasteiger partial charge on any atom is 0.271 e. The summed E-state index contributed by atoms with van der Waals surface area (Å²) in [4.78, 5) is 12.4. The molecule has 2 saturated carbocycles. The first-order valence-electron chi connectivity index (χ1n) is 8.89. The molecule has 2 fully saturated rings. The van der Waals surface area contributed by atoms with Crippen LogP contribution in [0.25, 0.3) is 5.69 Å². The lowest BCUT2D eigenvalue weighted by Gasteiger charge is -2.34. The minimum atomic E-state index is -0.163. The van der Waals surface area contributed by atoms with Gasteiger partial charge in [-0.15, -0.1) is 0 Å². The first-order chi connectivity index (χ1) is 11.9. The molecule has 2 aliphatic rings. The zero-order valence-electron chi connectivity index (χ0n) is 15.0. The van der Waals surface area contributed by atoms with Crippen LogP contribution in [-0.4, -0.2) is 21.4 Å². The van der Waals surface area contributed by atoms with Crippen molar-refractivity contribution in [3.05, 3.63) is 48.3 Å². The number of nitrogens with zero attached hydrogens (tertiary/aromatic N) is 3. The number of amides is 1. The molecule has 130 valence electrons. The fraction of sp³-hybridized carbons (Fsp3) is 0.450. The number of carbonyl (C=O) groups is 1. The van der Waals surface area contributed by atoms with Crippen LogP contribution >= 0.6 is 0 Å². The van der Waals surface area contributed by atoms with Gasteiger partial charge in [0.25, 0.3) is 5.91 Å². The summed E-state index contributed by atoms with van der Waals surface area (Å²) in [5.41, 5.74) is 5.82. The second-order valence-electron chi connectivity index (χ2n) is 7.99. The monoisotopic (exact) mass is 336 g/mol. The van der Waals surface area contributed by atoms with Crippen molar-refractivity contribution in [3.8, 4) is 5.69 Å². The number of hydrazone groups is 1. The Morgan fingerprint density at radius 2 is 2.04 bits per heavy atom. The van der Waals surface area contributed by atoms with E-state index in [0.717, 1.165) is 24.2 Å². The van der Waals surface area contributed by atoms with E-state index >= 15 is 0 Å². The molecule has 0 saturated heterocycles. The maximum atomic E-state index is 12.4. The minimum Gasteiger partial charge on any atom is -0.267 e. The van der Waals surface area contributed by atoms with Crippen LogP contribution in [0.2, 0.25) is 0 Å². The van der Waals surface area contributed by atoms with Crippen LogP contribution in [0.4, 0.5) is 0 Å². The third-order valence-electron chi connectivity index (χ3n) is 6.70. The molecule has 0 spiro atoms. The second-order valence-corrected chi connectivity index (χ2v) is 7.99. The first kappa shape index (κ1) is 16.1. The van der Waals surface area contributed by atoms with Gasteiger partial charge >= 0.3 is 0 Å². The maximum absolute atomic E-state index is 12.4. The van der Waals surface area contributed by atoms with Crippen LogP contribution in [0.15, 0.2) is 47.8 Å². The van der Waals surface area contributed by atoms with E-state index < -0.39 is 0 Å². The van der Waals surface area contributed by atoms with Crippen molar-refractivity contribution in [3.63, 3.8) is 0 Å². The van der Waals surface area contributed by atoms with Gasteiger partial charge in [0.05, 0.1) is 5.69 Å². The molecule has 1 heterocycles. The van der Waals surface area contributed by atoms with Crippen LogP contribution < -0.4 is 5.43 Å². The second kappa shape index (κ2) is 5.55. The van der Waals surface area contributed by atoms with Crippen LogP contribution in [0.3, 0.4) is 0 Å². The molecule has 4 rings (SSSR count). The number of fused-ring (bicyclic) bond motifs is 2. The van der Waals surface area contributed by atoms with E-state index in [2.05, 4.69) is 36.4 Å². The van der Waals surface area contributed by atoms with Crippen molar-refractivity contribution in [1.82, 2.24) is 15.2 Å². The molecule has 0 radical (unpaired) electrons. The average molecular weight is 336 g/mol. The molecule has 2 aromatic rings. The Kier molecular flexibility index (Phi) is 3.56. The topological polar surface area (TPSA) is 59.3 Å². The zero-order chi connectivity index (χ0) is 17.7. The van der Waals surface area contributed by atoms with Crippen molar-refractivity contribution in [2.45, 2.75) is 40.0 Å². The van der Waals surface area contributed by atoms with Gasteiger partial charge in [-0.2, -0.15) is 10.2 Å².